The van der Waals surface area contributed by atoms with E-state index in [4.69, 9.17) is 9.84 Å². The Morgan fingerprint density at radius 2 is 2.33 bits per heavy atom. The average Bonchev–Trinajstić information content (AvgIpc) is 2.91. The maximum Gasteiger partial charge on any atom is 0.251 e. The lowest BCUT2D eigenvalue weighted by molar-refractivity contribution is 0.0206. The van der Waals surface area contributed by atoms with Crippen molar-refractivity contribution in [3.63, 3.8) is 0 Å². The van der Waals surface area contributed by atoms with E-state index in [2.05, 4.69) is 17.2 Å². The molecule has 0 aliphatic carbocycles. The first-order valence-electron chi connectivity index (χ1n) is 7.17. The summed E-state index contributed by atoms with van der Waals surface area (Å²) in [6.07, 6.45) is 2.01. The Hall–Kier alpha value is -1.83. The van der Waals surface area contributed by atoms with Crippen LogP contribution in [0.2, 0.25) is 0 Å². The summed E-state index contributed by atoms with van der Waals surface area (Å²) in [4.78, 5) is 12.3. The summed E-state index contributed by atoms with van der Waals surface area (Å²) >= 11 is 0. The molecule has 1 unspecified atom stereocenters. The maximum atomic E-state index is 12.3. The number of rotatable bonds is 3. The summed E-state index contributed by atoms with van der Waals surface area (Å²) in [5.41, 5.74) is 1.99. The van der Waals surface area contributed by atoms with Crippen LogP contribution in [0.25, 0.3) is 0 Å². The minimum Gasteiger partial charge on any atom is -0.384 e. The highest BCUT2D eigenvalue weighted by atomic mass is 16.5. The number of carbonyl (C=O) groups is 1. The van der Waals surface area contributed by atoms with Crippen molar-refractivity contribution in [2.75, 3.05) is 19.8 Å². The van der Waals surface area contributed by atoms with Crippen LogP contribution in [0.5, 0.6) is 0 Å². The zero-order valence-corrected chi connectivity index (χ0v) is 12.5. The summed E-state index contributed by atoms with van der Waals surface area (Å²) in [5, 5.41) is 11.7. The normalized spacial score (nSPS) is 20.7. The zero-order chi connectivity index (χ0) is 15.3. The second-order valence-electron chi connectivity index (χ2n) is 5.57. The van der Waals surface area contributed by atoms with Gasteiger partial charge in [0, 0.05) is 24.3 Å². The fourth-order valence-electron chi connectivity index (χ4n) is 2.42. The van der Waals surface area contributed by atoms with Gasteiger partial charge in [-0.05, 0) is 44.4 Å². The van der Waals surface area contributed by atoms with E-state index in [1.807, 2.05) is 26.0 Å². The van der Waals surface area contributed by atoms with E-state index in [-0.39, 0.29) is 18.1 Å². The summed E-state index contributed by atoms with van der Waals surface area (Å²) in [6, 6.07) is 5.46. The first-order chi connectivity index (χ1) is 10.0. The van der Waals surface area contributed by atoms with Gasteiger partial charge in [-0.25, -0.2) is 0 Å². The smallest absolute Gasteiger partial charge is 0.251 e. The Bertz CT molecular complexity index is 577. The number of aliphatic hydroxyl groups excluding tert-OH is 1. The molecular formula is C17H21NO3. The number of nitrogens with one attached hydrogen (secondary N) is 1. The third-order valence-corrected chi connectivity index (χ3v) is 3.72. The fraction of sp³-hybridized carbons (Fsp3) is 0.471. The molecule has 1 aromatic rings. The summed E-state index contributed by atoms with van der Waals surface area (Å²) in [6.45, 7) is 5.00. The zero-order valence-electron chi connectivity index (χ0n) is 12.5. The monoisotopic (exact) mass is 287 g/mol. The van der Waals surface area contributed by atoms with Crippen LogP contribution < -0.4 is 5.32 Å². The van der Waals surface area contributed by atoms with E-state index in [0.717, 1.165) is 30.6 Å². The minimum absolute atomic E-state index is 0.114. The molecule has 4 heteroatoms. The lowest BCUT2D eigenvalue weighted by Crippen LogP contribution is -2.40. The Labute approximate surface area is 125 Å². The van der Waals surface area contributed by atoms with Crippen molar-refractivity contribution in [2.24, 2.45) is 0 Å². The number of hydrogen-bond donors (Lipinski definition) is 2. The molecule has 0 saturated carbocycles. The lowest BCUT2D eigenvalue weighted by atomic mass is 10.0. The fourth-order valence-corrected chi connectivity index (χ4v) is 2.42. The van der Waals surface area contributed by atoms with E-state index < -0.39 is 0 Å². The predicted molar refractivity (Wildman–Crippen MR) is 81.1 cm³/mol. The van der Waals surface area contributed by atoms with Gasteiger partial charge < -0.3 is 15.2 Å². The minimum atomic E-state index is -0.252. The van der Waals surface area contributed by atoms with Gasteiger partial charge in [-0.15, -0.1) is 0 Å². The maximum absolute atomic E-state index is 12.3. The first kappa shape index (κ1) is 15.6. The molecule has 1 amide bonds. The molecule has 112 valence electrons. The first-order valence-corrected chi connectivity index (χ1v) is 7.17. The van der Waals surface area contributed by atoms with Crippen LogP contribution in [-0.4, -0.2) is 36.4 Å². The number of benzene rings is 1. The van der Waals surface area contributed by atoms with Crippen LogP contribution in [0.15, 0.2) is 18.2 Å². The molecule has 0 aromatic heterocycles. The molecular weight excluding hydrogens is 266 g/mol. The van der Waals surface area contributed by atoms with Crippen molar-refractivity contribution in [3.05, 3.63) is 34.9 Å². The summed E-state index contributed by atoms with van der Waals surface area (Å²) in [5.74, 6) is 5.29. The predicted octanol–water partition coefficient (Wildman–Crippen LogP) is 1.64. The van der Waals surface area contributed by atoms with E-state index in [9.17, 15) is 4.79 Å². The molecule has 21 heavy (non-hydrogen) atoms. The van der Waals surface area contributed by atoms with Gasteiger partial charge in [0.05, 0.1) is 5.60 Å². The van der Waals surface area contributed by atoms with Crippen LogP contribution in [-0.2, 0) is 4.74 Å². The average molecular weight is 287 g/mol. The quantitative estimate of drug-likeness (QED) is 0.831. The molecule has 0 spiro atoms. The topological polar surface area (TPSA) is 58.6 Å². The van der Waals surface area contributed by atoms with E-state index in [0.29, 0.717) is 12.1 Å². The van der Waals surface area contributed by atoms with Crippen molar-refractivity contribution in [3.8, 4) is 11.8 Å². The Kier molecular flexibility index (Phi) is 5.00. The number of aliphatic hydroxyl groups is 1. The molecule has 0 radical (unpaired) electrons. The van der Waals surface area contributed by atoms with Crippen LogP contribution in [0.4, 0.5) is 0 Å². The van der Waals surface area contributed by atoms with Crippen LogP contribution >= 0.6 is 0 Å². The van der Waals surface area contributed by atoms with Gasteiger partial charge in [-0.3, -0.25) is 4.79 Å². The second-order valence-corrected chi connectivity index (χ2v) is 5.57. The lowest BCUT2D eigenvalue weighted by Gasteiger charge is -2.23. The molecule has 0 bridgehead atoms. The summed E-state index contributed by atoms with van der Waals surface area (Å²) < 4.78 is 5.67. The molecule has 1 saturated heterocycles. The molecule has 1 atom stereocenters. The highest BCUT2D eigenvalue weighted by Gasteiger charge is 2.30. The van der Waals surface area contributed by atoms with Crippen LogP contribution in [0, 0.1) is 18.8 Å². The molecule has 2 rings (SSSR count). The van der Waals surface area contributed by atoms with Gasteiger partial charge in [0.15, 0.2) is 0 Å². The van der Waals surface area contributed by atoms with E-state index in [1.54, 1.807) is 6.07 Å². The molecule has 2 N–H and O–H groups in total. The highest BCUT2D eigenvalue weighted by molar-refractivity contribution is 5.96. The van der Waals surface area contributed by atoms with Gasteiger partial charge in [-0.1, -0.05) is 17.9 Å². The van der Waals surface area contributed by atoms with Crippen LogP contribution in [0.3, 0.4) is 0 Å². The molecule has 1 aliphatic heterocycles. The van der Waals surface area contributed by atoms with Gasteiger partial charge >= 0.3 is 0 Å². The number of ether oxygens (including phenoxy) is 1. The number of aryl methyl sites for hydroxylation is 1. The van der Waals surface area contributed by atoms with Crippen molar-refractivity contribution in [1.29, 1.82) is 0 Å². The molecule has 4 nitrogen and oxygen atoms in total. The van der Waals surface area contributed by atoms with Crippen molar-refractivity contribution in [2.45, 2.75) is 32.3 Å². The second kappa shape index (κ2) is 6.75. The molecule has 1 aromatic carbocycles. The molecule has 1 fully saturated rings. The van der Waals surface area contributed by atoms with Gasteiger partial charge in [0.1, 0.15) is 6.61 Å². The Morgan fingerprint density at radius 3 is 3.00 bits per heavy atom. The van der Waals surface area contributed by atoms with Gasteiger partial charge in [0.25, 0.3) is 5.91 Å². The number of carbonyl (C=O) groups excluding carboxylic acids is 1. The van der Waals surface area contributed by atoms with E-state index >= 15 is 0 Å². The summed E-state index contributed by atoms with van der Waals surface area (Å²) in [7, 11) is 0. The van der Waals surface area contributed by atoms with E-state index in [1.165, 1.54) is 0 Å². The van der Waals surface area contributed by atoms with Crippen LogP contribution in [0.1, 0.15) is 41.3 Å². The van der Waals surface area contributed by atoms with Crippen molar-refractivity contribution in [1.82, 2.24) is 5.32 Å². The third kappa shape index (κ3) is 4.07. The Balaban J connectivity index is 2.07. The number of hydrogen-bond acceptors (Lipinski definition) is 3. The van der Waals surface area contributed by atoms with Gasteiger partial charge in [0.2, 0.25) is 0 Å². The largest absolute Gasteiger partial charge is 0.384 e. The molecule has 1 heterocycles. The highest BCUT2D eigenvalue weighted by Crippen LogP contribution is 2.24. The van der Waals surface area contributed by atoms with Gasteiger partial charge in [-0.2, -0.15) is 0 Å². The Morgan fingerprint density at radius 1 is 1.52 bits per heavy atom. The third-order valence-electron chi connectivity index (χ3n) is 3.72. The number of amides is 1. The van der Waals surface area contributed by atoms with Crippen molar-refractivity contribution < 1.29 is 14.6 Å². The SMILES string of the molecule is Cc1ccc(C#CCO)cc1C(=O)NCC1(C)CCCO1. The van der Waals surface area contributed by atoms with Crippen molar-refractivity contribution >= 4 is 5.91 Å². The standard InChI is InChI=1S/C17H21NO3/c1-13-6-7-14(5-3-9-19)11-15(13)16(20)18-12-17(2)8-4-10-21-17/h6-7,11,19H,4,8-10,12H2,1-2H3,(H,18,20). The molecule has 1 aliphatic rings.